The lowest BCUT2D eigenvalue weighted by Crippen LogP contribution is -2.45. The monoisotopic (exact) mass is 1310 g/mol. The van der Waals surface area contributed by atoms with Gasteiger partial charge in [-0.05, 0) is 111 Å². The number of non-ortho nitro benzene ring substituents is 1. The lowest BCUT2D eigenvalue weighted by molar-refractivity contribution is -0.384. The molecule has 0 saturated heterocycles. The molecule has 0 fully saturated rings. The standard InChI is InChI=1S/C36H44N6O11.C29H41N5O7/c1-23(2)33(40-30(44)8-4-3-5-20-41-31(45)17-18-32(41)46)29(43)21-25(7-6-19-38-35(37)48)34(47)39-26-11-9-24(10-12-26)22-52-36(49)53-28-15-13-27(14-16-28)42(50)51;1-19(2)27(33-24(37)8-4-3-5-16-34-25(38)13-14-26(34)39)23(36)17-21(7-6-15-31-29(30)41)28(40)32-22-11-9-20(18-35)10-12-22/h9-18,23,25,33H,3-8,19-22H2,1-2H3,(H,39,47)(H,40,44)(H3,37,38,48);9-14,19,21,27,35H,3-8,15-18H2,1-2H3,(H,32,40)(H,33,37)(H3,30,31,41)/t25-,33+;21-,27+/m11/s1. The van der Waals surface area contributed by atoms with Crippen molar-refractivity contribution in [1.29, 1.82) is 0 Å². The molecule has 3 aromatic carbocycles. The molecule has 508 valence electrons. The van der Waals surface area contributed by atoms with E-state index >= 15 is 0 Å². The normalized spacial score (nSPS) is 13.7. The van der Waals surface area contributed by atoms with Crippen molar-refractivity contribution in [2.45, 2.75) is 143 Å². The minimum absolute atomic E-state index is 0.0667. The maximum atomic E-state index is 13.5. The fourth-order valence-electron chi connectivity index (χ4n) is 9.78. The number of nitro groups is 1. The Morgan fingerprint density at radius 1 is 0.543 bits per heavy atom. The largest absolute Gasteiger partial charge is 0.514 e. The van der Waals surface area contributed by atoms with Crippen LogP contribution in [0.15, 0.2) is 97.1 Å². The fraction of sp³-hybridized carbons (Fsp3) is 0.462. The fourth-order valence-corrected chi connectivity index (χ4v) is 9.78. The van der Waals surface area contributed by atoms with Crippen molar-refractivity contribution in [3.8, 4) is 5.75 Å². The van der Waals surface area contributed by atoms with Gasteiger partial charge in [-0.3, -0.25) is 67.9 Å². The third kappa shape index (κ3) is 27.7. The molecular formula is C65H85N11O18. The van der Waals surface area contributed by atoms with Gasteiger partial charge < -0.3 is 57.9 Å². The molecule has 0 spiro atoms. The minimum atomic E-state index is -1.02. The summed E-state index contributed by atoms with van der Waals surface area (Å²) in [6.45, 7) is 7.91. The Morgan fingerprint density at radius 3 is 1.30 bits per heavy atom. The Morgan fingerprint density at radius 2 is 0.936 bits per heavy atom. The van der Waals surface area contributed by atoms with Crippen molar-refractivity contribution in [3.63, 3.8) is 0 Å². The van der Waals surface area contributed by atoms with Crippen LogP contribution in [0.3, 0.4) is 0 Å². The molecule has 5 rings (SSSR count). The predicted octanol–water partition coefficient (Wildman–Crippen LogP) is 5.67. The van der Waals surface area contributed by atoms with Crippen LogP contribution < -0.4 is 48.1 Å². The number of primary amides is 2. The van der Waals surface area contributed by atoms with Crippen LogP contribution >= 0.6 is 0 Å². The van der Waals surface area contributed by atoms with E-state index < -0.39 is 53.0 Å². The number of nitro benzene ring substituents is 1. The van der Waals surface area contributed by atoms with Gasteiger partial charge in [-0.15, -0.1) is 0 Å². The van der Waals surface area contributed by atoms with Crippen molar-refractivity contribution in [1.82, 2.24) is 31.1 Å². The lowest BCUT2D eigenvalue weighted by atomic mass is 9.89. The number of urea groups is 2. The number of amides is 12. The Balaban J connectivity index is 0.000000414. The number of nitrogens with two attached hydrogens (primary N) is 2. The van der Waals surface area contributed by atoms with Gasteiger partial charge in [0.25, 0.3) is 29.3 Å². The molecule has 4 atom stereocenters. The van der Waals surface area contributed by atoms with Gasteiger partial charge in [0.15, 0.2) is 11.6 Å². The number of aliphatic hydroxyl groups excluding tert-OH is 1. The van der Waals surface area contributed by atoms with E-state index in [0.29, 0.717) is 86.8 Å². The Labute approximate surface area is 544 Å². The number of ketones is 2. The third-order valence-electron chi connectivity index (χ3n) is 15.0. The second-order valence-corrected chi connectivity index (χ2v) is 23.0. The number of benzene rings is 3. The molecule has 0 saturated carbocycles. The van der Waals surface area contributed by atoms with Gasteiger partial charge in [-0.2, -0.15) is 0 Å². The summed E-state index contributed by atoms with van der Waals surface area (Å²) in [7, 11) is 0. The topological polar surface area (TPSA) is 434 Å². The lowest BCUT2D eigenvalue weighted by Gasteiger charge is -2.24. The van der Waals surface area contributed by atoms with Gasteiger partial charge in [0.05, 0.1) is 23.6 Å². The molecule has 3 aromatic rings. The first-order chi connectivity index (χ1) is 44.7. The van der Waals surface area contributed by atoms with E-state index in [-0.39, 0.29) is 141 Å². The number of Topliss-reactive ketones (excluding diaryl/α,β-unsaturated/α-hetero) is 2. The van der Waals surface area contributed by atoms with Gasteiger partial charge in [0.2, 0.25) is 23.6 Å². The zero-order valence-electron chi connectivity index (χ0n) is 53.2. The van der Waals surface area contributed by atoms with E-state index in [1.54, 1.807) is 62.4 Å². The van der Waals surface area contributed by atoms with Gasteiger partial charge in [-0.1, -0.05) is 64.8 Å². The van der Waals surface area contributed by atoms with Crippen LogP contribution in [0.2, 0.25) is 0 Å². The quantitative estimate of drug-likeness (QED) is 0.00830. The maximum Gasteiger partial charge on any atom is 0.514 e. The number of imide groups is 2. The summed E-state index contributed by atoms with van der Waals surface area (Å²) in [5.74, 6) is -5.35. The highest BCUT2D eigenvalue weighted by atomic mass is 16.7. The number of hydrogen-bond acceptors (Lipinski definition) is 18. The number of anilines is 2. The van der Waals surface area contributed by atoms with E-state index in [4.69, 9.17) is 20.9 Å². The number of ether oxygens (including phenoxy) is 2. The number of carbonyl (C=O) groups is 13. The van der Waals surface area contributed by atoms with Crippen LogP contribution in [0.5, 0.6) is 5.75 Å². The molecule has 11 N–H and O–H groups in total. The molecule has 12 amide bonds. The maximum absolute atomic E-state index is 13.5. The highest BCUT2D eigenvalue weighted by Crippen LogP contribution is 2.23. The number of aliphatic hydroxyl groups is 1. The van der Waals surface area contributed by atoms with Gasteiger partial charge in [0, 0.05) is 112 Å². The van der Waals surface area contributed by atoms with E-state index in [0.717, 1.165) is 9.80 Å². The van der Waals surface area contributed by atoms with Crippen LogP contribution in [-0.4, -0.2) is 135 Å². The van der Waals surface area contributed by atoms with Gasteiger partial charge in [0.1, 0.15) is 12.4 Å². The molecule has 0 unspecified atom stereocenters. The summed E-state index contributed by atoms with van der Waals surface area (Å²) in [6, 6.07) is 14.9. The molecule has 0 radical (unpaired) electrons. The number of nitrogens with one attached hydrogen (secondary N) is 6. The van der Waals surface area contributed by atoms with Crippen molar-refractivity contribution in [2.75, 3.05) is 36.8 Å². The van der Waals surface area contributed by atoms with Crippen LogP contribution in [-0.2, 0) is 65.9 Å². The van der Waals surface area contributed by atoms with Crippen molar-refractivity contribution >= 4 is 94.1 Å². The molecule has 2 aliphatic rings. The summed E-state index contributed by atoms with van der Waals surface area (Å²) in [4.78, 5) is 172. The molecule has 29 nitrogen and oxygen atoms in total. The zero-order valence-corrected chi connectivity index (χ0v) is 53.2. The predicted molar refractivity (Wildman–Crippen MR) is 342 cm³/mol. The van der Waals surface area contributed by atoms with Gasteiger partial charge >= 0.3 is 18.2 Å². The first-order valence-electron chi connectivity index (χ1n) is 31.0. The smallest absolute Gasteiger partial charge is 0.429 e. The first kappa shape index (κ1) is 76.3. The number of unbranched alkanes of at least 4 members (excludes halogenated alkanes) is 4. The Bertz CT molecular complexity index is 3170. The second kappa shape index (κ2) is 39.9. The third-order valence-corrected chi connectivity index (χ3v) is 15.0. The summed E-state index contributed by atoms with van der Waals surface area (Å²) < 4.78 is 10.1. The number of carbonyl (C=O) groups excluding carboxylic acids is 13. The molecule has 2 aliphatic heterocycles. The molecule has 0 bridgehead atoms. The SMILES string of the molecule is CC(C)[C@H](NC(=O)CCCCCN1C(=O)C=CC1=O)C(=O)C[C@@H](CCCNC(N)=O)C(=O)Nc1ccc(CO)cc1.CC(C)[C@H](NC(=O)CCCCCN1C(=O)C=CC1=O)C(=O)C[C@@H](CCCNC(N)=O)C(=O)Nc1ccc(COC(=O)Oc2ccc([N+](=O)[O-])cc2)cc1. The van der Waals surface area contributed by atoms with E-state index in [1.165, 1.54) is 48.6 Å². The van der Waals surface area contributed by atoms with E-state index in [1.807, 2.05) is 13.8 Å². The van der Waals surface area contributed by atoms with E-state index in [2.05, 4.69) is 31.9 Å². The molecule has 2 heterocycles. The summed E-state index contributed by atoms with van der Waals surface area (Å²) >= 11 is 0. The number of nitrogens with zero attached hydrogens (tertiary/aromatic N) is 3. The van der Waals surface area contributed by atoms with Crippen molar-refractivity contribution in [2.24, 2.45) is 35.1 Å². The van der Waals surface area contributed by atoms with E-state index in [9.17, 15) is 77.5 Å². The first-order valence-corrected chi connectivity index (χ1v) is 31.0. The highest BCUT2D eigenvalue weighted by molar-refractivity contribution is 6.13. The molecule has 0 aromatic heterocycles. The van der Waals surface area contributed by atoms with Crippen LogP contribution in [0.4, 0.5) is 31.4 Å². The average Bonchev–Trinajstić information content (AvgIpc) is 1.15. The summed E-state index contributed by atoms with van der Waals surface area (Å²) in [6.07, 6.45) is 8.60. The minimum Gasteiger partial charge on any atom is -0.429 e. The van der Waals surface area contributed by atoms with Crippen LogP contribution in [0, 0.1) is 33.8 Å². The molecule has 0 aliphatic carbocycles. The van der Waals surface area contributed by atoms with Gasteiger partial charge in [-0.25, -0.2) is 14.4 Å². The molecule has 94 heavy (non-hydrogen) atoms. The van der Waals surface area contributed by atoms with Crippen LogP contribution in [0.25, 0.3) is 0 Å². The summed E-state index contributed by atoms with van der Waals surface area (Å²) in [5, 5.41) is 36.1. The summed E-state index contributed by atoms with van der Waals surface area (Å²) in [5.41, 5.74) is 12.3. The Hall–Kier alpha value is -10.2. The van der Waals surface area contributed by atoms with Crippen molar-refractivity contribution < 1.29 is 81.8 Å². The molecular weight excluding hydrogens is 1220 g/mol. The Kier molecular flexibility index (Phi) is 32.4. The zero-order chi connectivity index (χ0) is 69.3. The molecule has 29 heteroatoms. The van der Waals surface area contributed by atoms with Crippen LogP contribution in [0.1, 0.15) is 129 Å². The second-order valence-electron chi connectivity index (χ2n) is 23.0. The number of rotatable bonds is 39. The van der Waals surface area contributed by atoms with Crippen molar-refractivity contribution in [3.05, 3.63) is 118 Å². The highest BCUT2D eigenvalue weighted by Gasteiger charge is 2.32. The number of hydrogen-bond donors (Lipinski definition) is 9. The average molecular weight is 1310 g/mol.